The maximum atomic E-state index is 12.1. The summed E-state index contributed by atoms with van der Waals surface area (Å²) in [7, 11) is 0. The number of carboxylic acid groups (broad SMARTS) is 1. The minimum Gasteiger partial charge on any atom is -0.480 e. The lowest BCUT2D eigenvalue weighted by molar-refractivity contribution is -0.135. The highest BCUT2D eigenvalue weighted by Crippen LogP contribution is 2.15. The molecule has 1 rings (SSSR count). The van der Waals surface area contributed by atoms with Gasteiger partial charge in [-0.15, -0.1) is 0 Å². The summed E-state index contributed by atoms with van der Waals surface area (Å²) >= 11 is 1.77. The maximum Gasteiger partial charge on any atom is 0.323 e. The predicted molar refractivity (Wildman–Crippen MR) is 87.2 cm³/mol. The van der Waals surface area contributed by atoms with Crippen LogP contribution in [0.1, 0.15) is 18.4 Å². The van der Waals surface area contributed by atoms with Crippen molar-refractivity contribution < 1.29 is 14.7 Å². The molecule has 0 heterocycles. The first-order chi connectivity index (χ1) is 10.0. The summed E-state index contributed by atoms with van der Waals surface area (Å²) in [6, 6.07) is 6.86. The van der Waals surface area contributed by atoms with Crippen LogP contribution in [0.3, 0.4) is 0 Å². The molecule has 6 heteroatoms. The van der Waals surface area contributed by atoms with E-state index in [1.54, 1.807) is 23.9 Å². The number of carboxylic acids is 1. The fraction of sp³-hybridized carbons (Fsp3) is 0.467. The van der Waals surface area contributed by atoms with Crippen molar-refractivity contribution >= 4 is 29.4 Å². The van der Waals surface area contributed by atoms with E-state index in [0.717, 1.165) is 24.2 Å². The second kappa shape index (κ2) is 9.28. The van der Waals surface area contributed by atoms with Gasteiger partial charge in [0.2, 0.25) is 0 Å². The maximum absolute atomic E-state index is 12.1. The quantitative estimate of drug-likeness (QED) is 0.724. The lowest BCUT2D eigenvalue weighted by Gasteiger charge is -2.21. The standard InChI is InChI=1S/C15H22N2O3S/c1-12-5-7-13(8-6-12)17(11-14(18)19)15(20)16-9-3-4-10-21-2/h5-8H,3-4,9-11H2,1-2H3,(H,16,20)(H,18,19). The Morgan fingerprint density at radius 3 is 2.48 bits per heavy atom. The Kier molecular flexibility index (Phi) is 7.68. The Morgan fingerprint density at radius 2 is 1.90 bits per heavy atom. The van der Waals surface area contributed by atoms with Crippen LogP contribution in [0.4, 0.5) is 10.5 Å². The first-order valence-electron chi connectivity index (χ1n) is 6.87. The van der Waals surface area contributed by atoms with E-state index >= 15 is 0 Å². The molecule has 0 saturated carbocycles. The molecule has 116 valence electrons. The number of amides is 2. The van der Waals surface area contributed by atoms with Crippen molar-refractivity contribution in [3.05, 3.63) is 29.8 Å². The number of nitrogens with zero attached hydrogens (tertiary/aromatic N) is 1. The average Bonchev–Trinajstić information content (AvgIpc) is 2.45. The molecule has 0 aliphatic carbocycles. The second-order valence-electron chi connectivity index (χ2n) is 4.75. The molecule has 0 unspecified atom stereocenters. The Hall–Kier alpha value is -1.69. The number of nitrogens with one attached hydrogen (secondary N) is 1. The highest BCUT2D eigenvalue weighted by molar-refractivity contribution is 7.98. The molecule has 0 bridgehead atoms. The molecule has 0 aliphatic rings. The summed E-state index contributed by atoms with van der Waals surface area (Å²) in [4.78, 5) is 24.3. The van der Waals surface area contributed by atoms with Crippen molar-refractivity contribution in [2.45, 2.75) is 19.8 Å². The van der Waals surface area contributed by atoms with Crippen LogP contribution >= 0.6 is 11.8 Å². The zero-order valence-electron chi connectivity index (χ0n) is 12.5. The minimum absolute atomic E-state index is 0.348. The number of benzene rings is 1. The van der Waals surface area contributed by atoms with Crippen LogP contribution in [0.2, 0.25) is 0 Å². The van der Waals surface area contributed by atoms with Gasteiger partial charge in [0.25, 0.3) is 0 Å². The number of hydrogen-bond acceptors (Lipinski definition) is 3. The fourth-order valence-electron chi connectivity index (χ4n) is 1.80. The molecular formula is C15H22N2O3S. The van der Waals surface area contributed by atoms with Gasteiger partial charge >= 0.3 is 12.0 Å². The van der Waals surface area contributed by atoms with Crippen molar-refractivity contribution in [3.63, 3.8) is 0 Å². The molecule has 1 aromatic rings. The van der Waals surface area contributed by atoms with Crippen molar-refractivity contribution in [2.24, 2.45) is 0 Å². The summed E-state index contributed by atoms with van der Waals surface area (Å²) in [5.41, 5.74) is 1.65. The highest BCUT2D eigenvalue weighted by atomic mass is 32.2. The number of anilines is 1. The first-order valence-corrected chi connectivity index (χ1v) is 8.26. The lowest BCUT2D eigenvalue weighted by atomic mass is 10.2. The van der Waals surface area contributed by atoms with Crippen molar-refractivity contribution in [1.82, 2.24) is 5.32 Å². The van der Waals surface area contributed by atoms with Gasteiger partial charge in [0.05, 0.1) is 0 Å². The van der Waals surface area contributed by atoms with Crippen molar-refractivity contribution in [1.29, 1.82) is 0 Å². The second-order valence-corrected chi connectivity index (χ2v) is 5.73. The third kappa shape index (κ3) is 6.53. The Labute approximate surface area is 129 Å². The van der Waals surface area contributed by atoms with E-state index in [4.69, 9.17) is 5.11 Å². The van der Waals surface area contributed by atoms with E-state index in [1.807, 2.05) is 25.3 Å². The van der Waals surface area contributed by atoms with Crippen molar-refractivity contribution in [3.8, 4) is 0 Å². The zero-order chi connectivity index (χ0) is 15.7. The molecule has 21 heavy (non-hydrogen) atoms. The smallest absolute Gasteiger partial charge is 0.323 e. The third-order valence-electron chi connectivity index (χ3n) is 2.94. The number of unbranched alkanes of at least 4 members (excludes halogenated alkanes) is 1. The number of aliphatic carboxylic acids is 1. The number of carbonyl (C=O) groups is 2. The van der Waals surface area contributed by atoms with Gasteiger partial charge in [0.15, 0.2) is 0 Å². The Balaban J connectivity index is 2.62. The molecule has 0 atom stereocenters. The molecule has 0 saturated heterocycles. The van der Waals surface area contributed by atoms with Gasteiger partial charge in [-0.2, -0.15) is 11.8 Å². The number of thioether (sulfide) groups is 1. The van der Waals surface area contributed by atoms with Crippen LogP contribution in [-0.2, 0) is 4.79 Å². The predicted octanol–water partition coefficient (Wildman–Crippen LogP) is 2.74. The monoisotopic (exact) mass is 310 g/mol. The van der Waals surface area contributed by atoms with E-state index in [2.05, 4.69) is 5.32 Å². The van der Waals surface area contributed by atoms with Crippen LogP contribution in [0.25, 0.3) is 0 Å². The van der Waals surface area contributed by atoms with Gasteiger partial charge in [0.1, 0.15) is 6.54 Å². The summed E-state index contributed by atoms with van der Waals surface area (Å²) in [5, 5.41) is 11.7. The largest absolute Gasteiger partial charge is 0.480 e. The van der Waals surface area contributed by atoms with Crippen molar-refractivity contribution in [2.75, 3.05) is 30.0 Å². The molecule has 0 aromatic heterocycles. The Morgan fingerprint density at radius 1 is 1.24 bits per heavy atom. The summed E-state index contributed by atoms with van der Waals surface area (Å²) in [5.74, 6) is 0.0280. The number of rotatable bonds is 8. The molecular weight excluding hydrogens is 288 g/mol. The summed E-state index contributed by atoms with van der Waals surface area (Å²) < 4.78 is 0. The molecule has 5 nitrogen and oxygen atoms in total. The topological polar surface area (TPSA) is 69.6 Å². The molecule has 0 fully saturated rings. The van der Waals surface area contributed by atoms with Crippen LogP contribution in [-0.4, -0.2) is 42.2 Å². The molecule has 0 aliphatic heterocycles. The average molecular weight is 310 g/mol. The van der Waals surface area contributed by atoms with E-state index in [0.29, 0.717) is 12.2 Å². The number of urea groups is 1. The Bertz CT molecular complexity index is 462. The highest BCUT2D eigenvalue weighted by Gasteiger charge is 2.18. The van der Waals surface area contributed by atoms with Gasteiger partial charge in [0, 0.05) is 12.2 Å². The minimum atomic E-state index is -1.03. The van der Waals surface area contributed by atoms with E-state index in [1.165, 1.54) is 4.90 Å². The SMILES string of the molecule is CSCCCCNC(=O)N(CC(=O)O)c1ccc(C)cc1. The molecule has 2 amide bonds. The zero-order valence-corrected chi connectivity index (χ0v) is 13.3. The van der Waals surface area contributed by atoms with E-state index < -0.39 is 5.97 Å². The normalized spacial score (nSPS) is 10.2. The van der Waals surface area contributed by atoms with Gasteiger partial charge in [-0.1, -0.05) is 17.7 Å². The first kappa shape index (κ1) is 17.4. The van der Waals surface area contributed by atoms with Gasteiger partial charge in [-0.3, -0.25) is 9.69 Å². The molecule has 2 N–H and O–H groups in total. The lowest BCUT2D eigenvalue weighted by Crippen LogP contribution is -2.43. The number of aryl methyl sites for hydroxylation is 1. The fourth-order valence-corrected chi connectivity index (χ4v) is 2.30. The van der Waals surface area contributed by atoms with Gasteiger partial charge in [-0.05, 0) is 43.9 Å². The third-order valence-corrected chi connectivity index (χ3v) is 3.63. The van der Waals surface area contributed by atoms with Gasteiger partial charge < -0.3 is 10.4 Å². The van der Waals surface area contributed by atoms with E-state index in [9.17, 15) is 9.59 Å². The number of carbonyl (C=O) groups excluding carboxylic acids is 1. The van der Waals surface area contributed by atoms with E-state index in [-0.39, 0.29) is 12.6 Å². The van der Waals surface area contributed by atoms with Crippen LogP contribution < -0.4 is 10.2 Å². The molecule has 0 radical (unpaired) electrons. The van der Waals surface area contributed by atoms with Crippen LogP contribution in [0.5, 0.6) is 0 Å². The molecule has 1 aromatic carbocycles. The van der Waals surface area contributed by atoms with Crippen LogP contribution in [0.15, 0.2) is 24.3 Å². The summed E-state index contributed by atoms with van der Waals surface area (Å²) in [6.07, 6.45) is 3.97. The molecule has 0 spiro atoms. The summed E-state index contributed by atoms with van der Waals surface area (Å²) in [6.45, 7) is 2.15. The van der Waals surface area contributed by atoms with Gasteiger partial charge in [-0.25, -0.2) is 4.79 Å². The number of hydrogen-bond donors (Lipinski definition) is 2. The van der Waals surface area contributed by atoms with Crippen LogP contribution in [0, 0.1) is 6.92 Å².